The standard InChI is InChI=1S/C16H28N2O/c1-6-11-17-12-16(2,3)13-18(4)14-9-7-8-10-15(14)19-5/h7-10,17H,6,11-13H2,1-5H3. The number of nitrogens with zero attached hydrogens (tertiary/aromatic N) is 1. The van der Waals surface area contributed by atoms with E-state index in [0.717, 1.165) is 31.1 Å². The van der Waals surface area contributed by atoms with E-state index in [4.69, 9.17) is 4.74 Å². The van der Waals surface area contributed by atoms with Crippen LogP contribution in [0.1, 0.15) is 27.2 Å². The van der Waals surface area contributed by atoms with E-state index in [1.54, 1.807) is 7.11 Å². The van der Waals surface area contributed by atoms with E-state index in [9.17, 15) is 0 Å². The summed E-state index contributed by atoms with van der Waals surface area (Å²) in [5.74, 6) is 0.933. The van der Waals surface area contributed by atoms with Gasteiger partial charge in [0.25, 0.3) is 0 Å². The zero-order valence-corrected chi connectivity index (χ0v) is 13.0. The molecule has 0 aliphatic heterocycles. The molecule has 0 fully saturated rings. The molecule has 0 amide bonds. The lowest BCUT2D eigenvalue weighted by Gasteiger charge is -2.32. The first kappa shape index (κ1) is 15.8. The molecule has 19 heavy (non-hydrogen) atoms. The maximum absolute atomic E-state index is 5.42. The highest BCUT2D eigenvalue weighted by Gasteiger charge is 2.21. The van der Waals surface area contributed by atoms with Crippen molar-refractivity contribution in [2.45, 2.75) is 27.2 Å². The van der Waals surface area contributed by atoms with Gasteiger partial charge in [0.2, 0.25) is 0 Å². The van der Waals surface area contributed by atoms with Gasteiger partial charge in [0, 0.05) is 20.1 Å². The molecule has 3 nitrogen and oxygen atoms in total. The SMILES string of the molecule is CCCNCC(C)(C)CN(C)c1ccccc1OC. The van der Waals surface area contributed by atoms with Crippen LogP contribution >= 0.6 is 0 Å². The van der Waals surface area contributed by atoms with Crippen molar-refractivity contribution in [1.29, 1.82) is 0 Å². The molecule has 1 aromatic rings. The van der Waals surface area contributed by atoms with E-state index in [1.165, 1.54) is 6.42 Å². The second-order valence-electron chi connectivity index (χ2n) is 5.87. The van der Waals surface area contributed by atoms with Gasteiger partial charge in [-0.1, -0.05) is 32.9 Å². The molecule has 0 saturated heterocycles. The summed E-state index contributed by atoms with van der Waals surface area (Å²) < 4.78 is 5.42. The number of nitrogens with one attached hydrogen (secondary N) is 1. The molecule has 0 aliphatic rings. The molecule has 1 N–H and O–H groups in total. The number of hydrogen-bond donors (Lipinski definition) is 1. The van der Waals surface area contributed by atoms with Crippen LogP contribution in [-0.2, 0) is 0 Å². The van der Waals surface area contributed by atoms with E-state index in [-0.39, 0.29) is 5.41 Å². The molecule has 0 saturated carbocycles. The molecule has 0 heterocycles. The second kappa shape index (κ2) is 7.39. The fraction of sp³-hybridized carbons (Fsp3) is 0.625. The fourth-order valence-electron chi connectivity index (χ4n) is 2.33. The van der Waals surface area contributed by atoms with Crippen LogP contribution in [0.25, 0.3) is 0 Å². The van der Waals surface area contributed by atoms with Crippen LogP contribution < -0.4 is 15.0 Å². The van der Waals surface area contributed by atoms with Crippen LogP contribution in [0.2, 0.25) is 0 Å². The first-order chi connectivity index (χ1) is 9.00. The first-order valence-corrected chi connectivity index (χ1v) is 7.05. The van der Waals surface area contributed by atoms with Crippen molar-refractivity contribution in [3.05, 3.63) is 24.3 Å². The van der Waals surface area contributed by atoms with Gasteiger partial charge in [-0.05, 0) is 30.5 Å². The molecule has 3 heteroatoms. The van der Waals surface area contributed by atoms with Crippen LogP contribution in [-0.4, -0.2) is 33.8 Å². The number of benzene rings is 1. The second-order valence-corrected chi connectivity index (χ2v) is 5.87. The van der Waals surface area contributed by atoms with Gasteiger partial charge in [-0.15, -0.1) is 0 Å². The van der Waals surface area contributed by atoms with E-state index < -0.39 is 0 Å². The molecular formula is C16H28N2O. The summed E-state index contributed by atoms with van der Waals surface area (Å²) in [7, 11) is 3.85. The molecule has 108 valence electrons. The lowest BCUT2D eigenvalue weighted by molar-refractivity contribution is 0.345. The van der Waals surface area contributed by atoms with Crippen LogP contribution in [0.4, 0.5) is 5.69 Å². The first-order valence-electron chi connectivity index (χ1n) is 7.05. The average Bonchev–Trinajstić information content (AvgIpc) is 2.38. The predicted octanol–water partition coefficient (Wildman–Crippen LogP) is 3.16. The Bertz CT molecular complexity index is 377. The smallest absolute Gasteiger partial charge is 0.142 e. The number of hydrogen-bond acceptors (Lipinski definition) is 3. The van der Waals surface area contributed by atoms with Gasteiger partial charge in [0.1, 0.15) is 5.75 Å². The molecule has 0 unspecified atom stereocenters. The maximum Gasteiger partial charge on any atom is 0.142 e. The number of anilines is 1. The summed E-state index contributed by atoms with van der Waals surface area (Å²) in [4.78, 5) is 2.27. The number of rotatable bonds is 8. The topological polar surface area (TPSA) is 24.5 Å². The van der Waals surface area contributed by atoms with Gasteiger partial charge in [-0.25, -0.2) is 0 Å². The van der Waals surface area contributed by atoms with Crippen LogP contribution in [0.3, 0.4) is 0 Å². The highest BCUT2D eigenvalue weighted by Crippen LogP contribution is 2.29. The molecule has 0 aromatic heterocycles. The van der Waals surface area contributed by atoms with E-state index >= 15 is 0 Å². The molecule has 1 aromatic carbocycles. The van der Waals surface area contributed by atoms with Gasteiger partial charge < -0.3 is 15.0 Å². The van der Waals surface area contributed by atoms with Crippen molar-refractivity contribution in [1.82, 2.24) is 5.32 Å². The van der Waals surface area contributed by atoms with E-state index in [0.29, 0.717) is 0 Å². The molecule has 1 rings (SSSR count). The van der Waals surface area contributed by atoms with Crippen molar-refractivity contribution < 1.29 is 4.74 Å². The minimum atomic E-state index is 0.227. The minimum Gasteiger partial charge on any atom is -0.495 e. The lowest BCUT2D eigenvalue weighted by atomic mass is 9.92. The molecule has 0 spiro atoms. The summed E-state index contributed by atoms with van der Waals surface area (Å²) in [5, 5.41) is 3.50. The van der Waals surface area contributed by atoms with Gasteiger partial charge in [-0.2, -0.15) is 0 Å². The average molecular weight is 264 g/mol. The van der Waals surface area contributed by atoms with Gasteiger partial charge in [-0.3, -0.25) is 0 Å². The molecule has 0 bridgehead atoms. The Balaban J connectivity index is 2.64. The summed E-state index contributed by atoms with van der Waals surface area (Å²) in [5.41, 5.74) is 1.37. The van der Waals surface area contributed by atoms with Crippen molar-refractivity contribution >= 4 is 5.69 Å². The molecule has 0 atom stereocenters. The Morgan fingerprint density at radius 3 is 2.58 bits per heavy atom. The van der Waals surface area contributed by atoms with Crippen LogP contribution in [0.15, 0.2) is 24.3 Å². The van der Waals surface area contributed by atoms with Crippen molar-refractivity contribution in [3.8, 4) is 5.75 Å². The van der Waals surface area contributed by atoms with Gasteiger partial charge in [0.05, 0.1) is 12.8 Å². The van der Waals surface area contributed by atoms with Gasteiger partial charge >= 0.3 is 0 Å². The van der Waals surface area contributed by atoms with Crippen LogP contribution in [0.5, 0.6) is 5.75 Å². The number of para-hydroxylation sites is 2. The highest BCUT2D eigenvalue weighted by atomic mass is 16.5. The largest absolute Gasteiger partial charge is 0.495 e. The number of methoxy groups -OCH3 is 1. The predicted molar refractivity (Wildman–Crippen MR) is 83.2 cm³/mol. The van der Waals surface area contributed by atoms with Crippen molar-refractivity contribution in [2.75, 3.05) is 38.7 Å². The van der Waals surface area contributed by atoms with Crippen molar-refractivity contribution in [3.63, 3.8) is 0 Å². The van der Waals surface area contributed by atoms with Crippen molar-refractivity contribution in [2.24, 2.45) is 5.41 Å². The molecule has 0 radical (unpaired) electrons. The third-order valence-electron chi connectivity index (χ3n) is 3.19. The highest BCUT2D eigenvalue weighted by molar-refractivity contribution is 5.57. The number of ether oxygens (including phenoxy) is 1. The zero-order valence-electron chi connectivity index (χ0n) is 13.0. The summed E-state index contributed by atoms with van der Waals surface area (Å²) in [6.07, 6.45) is 1.18. The fourth-order valence-corrected chi connectivity index (χ4v) is 2.33. The Morgan fingerprint density at radius 2 is 1.95 bits per heavy atom. The van der Waals surface area contributed by atoms with Crippen LogP contribution in [0, 0.1) is 5.41 Å². The molecule has 0 aliphatic carbocycles. The Morgan fingerprint density at radius 1 is 1.26 bits per heavy atom. The summed E-state index contributed by atoms with van der Waals surface area (Å²) >= 11 is 0. The lowest BCUT2D eigenvalue weighted by Crippen LogP contribution is -2.39. The molecular weight excluding hydrogens is 236 g/mol. The third kappa shape index (κ3) is 5.11. The third-order valence-corrected chi connectivity index (χ3v) is 3.19. The zero-order chi connectivity index (χ0) is 14.3. The maximum atomic E-state index is 5.42. The Hall–Kier alpha value is -1.22. The Labute approximate surface area is 118 Å². The normalized spacial score (nSPS) is 11.4. The quantitative estimate of drug-likeness (QED) is 0.730. The monoisotopic (exact) mass is 264 g/mol. The minimum absolute atomic E-state index is 0.227. The van der Waals surface area contributed by atoms with E-state index in [1.807, 2.05) is 12.1 Å². The van der Waals surface area contributed by atoms with E-state index in [2.05, 4.69) is 50.2 Å². The Kier molecular flexibility index (Phi) is 6.16. The van der Waals surface area contributed by atoms with Gasteiger partial charge in [0.15, 0.2) is 0 Å². The summed E-state index contributed by atoms with van der Waals surface area (Å²) in [6, 6.07) is 8.17. The summed E-state index contributed by atoms with van der Waals surface area (Å²) in [6.45, 7) is 9.89.